The van der Waals surface area contributed by atoms with Gasteiger partial charge >= 0.3 is 5.97 Å². The van der Waals surface area contributed by atoms with Crippen molar-refractivity contribution in [2.24, 2.45) is 0 Å². The summed E-state index contributed by atoms with van der Waals surface area (Å²) in [5, 5.41) is 13.9. The number of carbonyl (C=O) groups excluding carboxylic acids is 1. The second kappa shape index (κ2) is 11.9. The highest BCUT2D eigenvalue weighted by atomic mass is 35.5. The fourth-order valence-electron chi connectivity index (χ4n) is 2.43. The first-order valence-electron chi connectivity index (χ1n) is 8.88. The number of halogens is 2. The van der Waals surface area contributed by atoms with E-state index in [0.717, 1.165) is 5.56 Å². The number of ether oxygens (including phenoxy) is 2. The van der Waals surface area contributed by atoms with Crippen LogP contribution in [-0.4, -0.2) is 44.0 Å². The third-order valence-electron chi connectivity index (χ3n) is 3.93. The van der Waals surface area contributed by atoms with Crippen LogP contribution in [0.2, 0.25) is 10.0 Å². The number of aliphatic hydroxyl groups is 1. The van der Waals surface area contributed by atoms with Crippen LogP contribution in [0.5, 0.6) is 0 Å². The van der Waals surface area contributed by atoms with Gasteiger partial charge in [-0.15, -0.1) is 0 Å². The average Bonchev–Trinajstić information content (AvgIpc) is 2.68. The van der Waals surface area contributed by atoms with Crippen molar-refractivity contribution in [1.82, 2.24) is 5.32 Å². The summed E-state index contributed by atoms with van der Waals surface area (Å²) in [4.78, 5) is 11.7. The lowest BCUT2D eigenvalue weighted by Crippen LogP contribution is -2.26. The molecule has 0 spiro atoms. The zero-order valence-electron chi connectivity index (χ0n) is 15.4. The highest BCUT2D eigenvalue weighted by Crippen LogP contribution is 2.31. The standard InChI is InChI=1S/C20H24Cl2N2O4/c21-16-11-15(12-17(22)20(16)23)18(25)13-24-6-7-27-8-9-28-19(26)10-14-4-2-1-3-5-14/h1-5,11-12,18,24-25H,6-10,13,23H2. The van der Waals surface area contributed by atoms with Crippen LogP contribution >= 0.6 is 23.2 Å². The monoisotopic (exact) mass is 426 g/mol. The molecule has 2 aromatic rings. The summed E-state index contributed by atoms with van der Waals surface area (Å²) in [7, 11) is 0. The summed E-state index contributed by atoms with van der Waals surface area (Å²) in [6, 6.07) is 12.6. The van der Waals surface area contributed by atoms with Crippen LogP contribution in [0.25, 0.3) is 0 Å². The maximum absolute atomic E-state index is 11.7. The van der Waals surface area contributed by atoms with Gasteiger partial charge < -0.3 is 25.6 Å². The highest BCUT2D eigenvalue weighted by molar-refractivity contribution is 6.38. The van der Waals surface area contributed by atoms with Crippen molar-refractivity contribution in [3.63, 3.8) is 0 Å². The van der Waals surface area contributed by atoms with Gasteiger partial charge in [0.05, 0.1) is 41.5 Å². The molecule has 0 radical (unpaired) electrons. The molecule has 28 heavy (non-hydrogen) atoms. The smallest absolute Gasteiger partial charge is 0.310 e. The molecule has 0 saturated carbocycles. The quantitative estimate of drug-likeness (QED) is 0.290. The fourth-order valence-corrected chi connectivity index (χ4v) is 2.93. The van der Waals surface area contributed by atoms with Gasteiger partial charge in [-0.2, -0.15) is 0 Å². The molecule has 0 fully saturated rings. The Labute approximate surface area is 174 Å². The summed E-state index contributed by atoms with van der Waals surface area (Å²) in [6.07, 6.45) is -0.519. The Kier molecular flexibility index (Phi) is 9.54. The van der Waals surface area contributed by atoms with Crippen molar-refractivity contribution in [3.05, 3.63) is 63.6 Å². The molecule has 1 atom stereocenters. The first-order valence-corrected chi connectivity index (χ1v) is 9.63. The third-order valence-corrected chi connectivity index (χ3v) is 4.55. The van der Waals surface area contributed by atoms with E-state index in [1.54, 1.807) is 12.1 Å². The number of aliphatic hydroxyl groups excluding tert-OH is 1. The Morgan fingerprint density at radius 1 is 1.11 bits per heavy atom. The van der Waals surface area contributed by atoms with Gasteiger partial charge in [0.2, 0.25) is 0 Å². The molecular weight excluding hydrogens is 403 g/mol. The van der Waals surface area contributed by atoms with Gasteiger partial charge in [-0.3, -0.25) is 4.79 Å². The van der Waals surface area contributed by atoms with Gasteiger partial charge in [-0.1, -0.05) is 53.5 Å². The maximum Gasteiger partial charge on any atom is 0.310 e. The number of nitrogens with one attached hydrogen (secondary N) is 1. The lowest BCUT2D eigenvalue weighted by Gasteiger charge is -2.14. The molecule has 2 aromatic carbocycles. The van der Waals surface area contributed by atoms with Crippen molar-refractivity contribution < 1.29 is 19.4 Å². The van der Waals surface area contributed by atoms with E-state index in [1.165, 1.54) is 0 Å². The third kappa shape index (κ3) is 7.66. The van der Waals surface area contributed by atoms with Crippen molar-refractivity contribution >= 4 is 34.9 Å². The molecule has 1 unspecified atom stereocenters. The number of esters is 1. The van der Waals surface area contributed by atoms with Crippen LogP contribution in [-0.2, 0) is 20.7 Å². The average molecular weight is 427 g/mol. The van der Waals surface area contributed by atoms with Gasteiger partial charge in [0.25, 0.3) is 0 Å². The van der Waals surface area contributed by atoms with E-state index in [4.69, 9.17) is 38.4 Å². The number of nitrogens with two attached hydrogens (primary N) is 1. The minimum absolute atomic E-state index is 0.205. The largest absolute Gasteiger partial charge is 0.463 e. The molecule has 8 heteroatoms. The van der Waals surface area contributed by atoms with E-state index in [0.29, 0.717) is 47.6 Å². The summed E-state index contributed by atoms with van der Waals surface area (Å²) < 4.78 is 10.5. The summed E-state index contributed by atoms with van der Waals surface area (Å²) in [5.74, 6) is -0.281. The van der Waals surface area contributed by atoms with Crippen LogP contribution in [0.1, 0.15) is 17.2 Å². The predicted octanol–water partition coefficient (Wildman–Crippen LogP) is 3.00. The van der Waals surface area contributed by atoms with Crippen molar-refractivity contribution in [1.29, 1.82) is 0 Å². The predicted molar refractivity (Wildman–Crippen MR) is 111 cm³/mol. The van der Waals surface area contributed by atoms with Gasteiger partial charge in [0, 0.05) is 13.1 Å². The Hall–Kier alpha value is -1.83. The minimum atomic E-state index is -0.769. The van der Waals surface area contributed by atoms with Crippen molar-refractivity contribution in [2.45, 2.75) is 12.5 Å². The summed E-state index contributed by atoms with van der Waals surface area (Å²) >= 11 is 11.9. The molecular formula is C20H24Cl2N2O4. The molecule has 0 amide bonds. The number of rotatable bonds is 11. The lowest BCUT2D eigenvalue weighted by molar-refractivity contribution is -0.144. The first-order chi connectivity index (χ1) is 13.5. The van der Waals surface area contributed by atoms with E-state index in [1.807, 2.05) is 30.3 Å². The van der Waals surface area contributed by atoms with Crippen LogP contribution in [0.4, 0.5) is 5.69 Å². The van der Waals surface area contributed by atoms with E-state index in [2.05, 4.69) is 5.32 Å². The zero-order chi connectivity index (χ0) is 20.4. The van der Waals surface area contributed by atoms with E-state index < -0.39 is 6.10 Å². The lowest BCUT2D eigenvalue weighted by atomic mass is 10.1. The molecule has 0 bridgehead atoms. The zero-order valence-corrected chi connectivity index (χ0v) is 16.9. The number of benzene rings is 2. The SMILES string of the molecule is Nc1c(Cl)cc(C(O)CNCCOCCOC(=O)Cc2ccccc2)cc1Cl. The molecule has 0 aromatic heterocycles. The Morgan fingerprint density at radius 3 is 2.46 bits per heavy atom. The fraction of sp³-hybridized carbons (Fsp3) is 0.350. The van der Waals surface area contributed by atoms with Gasteiger partial charge in [0.15, 0.2) is 0 Å². The molecule has 2 rings (SSSR count). The molecule has 0 aliphatic carbocycles. The second-order valence-electron chi connectivity index (χ2n) is 6.11. The summed E-state index contributed by atoms with van der Waals surface area (Å²) in [5.41, 5.74) is 7.48. The molecule has 0 saturated heterocycles. The normalized spacial score (nSPS) is 12.0. The topological polar surface area (TPSA) is 93.8 Å². The number of hydrogen-bond donors (Lipinski definition) is 3. The maximum atomic E-state index is 11.7. The molecule has 4 N–H and O–H groups in total. The van der Waals surface area contributed by atoms with Crippen LogP contribution in [0, 0.1) is 0 Å². The van der Waals surface area contributed by atoms with Gasteiger partial charge in [-0.05, 0) is 23.3 Å². The Bertz CT molecular complexity index is 736. The van der Waals surface area contributed by atoms with Gasteiger partial charge in [-0.25, -0.2) is 0 Å². The minimum Gasteiger partial charge on any atom is -0.463 e. The van der Waals surface area contributed by atoms with E-state index in [9.17, 15) is 9.90 Å². The van der Waals surface area contributed by atoms with E-state index >= 15 is 0 Å². The van der Waals surface area contributed by atoms with Gasteiger partial charge in [0.1, 0.15) is 6.61 Å². The number of anilines is 1. The van der Waals surface area contributed by atoms with Crippen LogP contribution < -0.4 is 11.1 Å². The van der Waals surface area contributed by atoms with Crippen molar-refractivity contribution in [2.75, 3.05) is 38.6 Å². The summed E-state index contributed by atoms with van der Waals surface area (Å²) in [6.45, 7) is 1.79. The molecule has 0 aliphatic heterocycles. The first kappa shape index (κ1) is 22.5. The number of carbonyl (C=O) groups is 1. The van der Waals surface area contributed by atoms with Crippen LogP contribution in [0.3, 0.4) is 0 Å². The molecule has 0 aliphatic rings. The molecule has 152 valence electrons. The van der Waals surface area contributed by atoms with Crippen molar-refractivity contribution in [3.8, 4) is 0 Å². The second-order valence-corrected chi connectivity index (χ2v) is 6.93. The number of nitrogen functional groups attached to an aromatic ring is 1. The van der Waals surface area contributed by atoms with Crippen LogP contribution in [0.15, 0.2) is 42.5 Å². The molecule has 6 nitrogen and oxygen atoms in total. The van der Waals surface area contributed by atoms with E-state index in [-0.39, 0.29) is 19.0 Å². The Balaban J connectivity index is 1.53. The highest BCUT2D eigenvalue weighted by Gasteiger charge is 2.12. The Morgan fingerprint density at radius 2 is 1.79 bits per heavy atom. The molecule has 0 heterocycles. The number of hydrogen-bond acceptors (Lipinski definition) is 6.